The van der Waals surface area contributed by atoms with E-state index in [4.69, 9.17) is 14.0 Å². The van der Waals surface area contributed by atoms with E-state index in [1.807, 2.05) is 38.3 Å². The summed E-state index contributed by atoms with van der Waals surface area (Å²) in [5.41, 5.74) is -0.422. The smallest absolute Gasteiger partial charge is 0.493 e. The Balaban J connectivity index is 1.54. The van der Waals surface area contributed by atoms with Gasteiger partial charge in [0, 0.05) is 17.6 Å². The van der Waals surface area contributed by atoms with Crippen LogP contribution in [0.1, 0.15) is 63.9 Å². The van der Waals surface area contributed by atoms with Gasteiger partial charge in [-0.1, -0.05) is 6.07 Å². The largest absolute Gasteiger partial charge is 0.497 e. The average Bonchev–Trinajstić information content (AvgIpc) is 3.38. The van der Waals surface area contributed by atoms with Gasteiger partial charge < -0.3 is 23.9 Å². The first kappa shape index (κ1) is 24.4. The molecule has 1 aromatic carbocycles. The molecule has 0 aliphatic carbocycles. The van der Waals surface area contributed by atoms with E-state index in [1.54, 1.807) is 18.5 Å². The summed E-state index contributed by atoms with van der Waals surface area (Å²) in [7, 11) is -0.963. The molecule has 1 atom stereocenters. The fourth-order valence-corrected chi connectivity index (χ4v) is 4.28. The zero-order valence-corrected chi connectivity index (χ0v) is 21.0. The summed E-state index contributed by atoms with van der Waals surface area (Å²) in [5, 5.41) is 11.1. The highest BCUT2D eigenvalue weighted by atomic mass is 19.1. The van der Waals surface area contributed by atoms with Crippen molar-refractivity contribution in [2.75, 3.05) is 11.9 Å². The number of fused-ring (bicyclic) bond motifs is 5. The second kappa shape index (κ2) is 8.97. The van der Waals surface area contributed by atoms with E-state index in [0.717, 1.165) is 6.42 Å². The Morgan fingerprint density at radius 2 is 1.92 bits per heavy atom. The second-order valence-electron chi connectivity index (χ2n) is 10.2. The van der Waals surface area contributed by atoms with Crippen LogP contribution < -0.4 is 15.5 Å². The van der Waals surface area contributed by atoms with Crippen molar-refractivity contribution in [1.82, 2.24) is 19.7 Å². The monoisotopic (exact) mass is 493 g/mol. The predicted octanol–water partition coefficient (Wildman–Crippen LogP) is 3.76. The van der Waals surface area contributed by atoms with Crippen LogP contribution in [0.4, 0.5) is 10.2 Å². The molecule has 1 saturated heterocycles. The fraction of sp³-hybridized carbons (Fsp3) is 0.440. The van der Waals surface area contributed by atoms with E-state index in [-0.39, 0.29) is 22.8 Å². The zero-order chi connectivity index (χ0) is 25.7. The number of anilines is 1. The Labute approximate surface area is 209 Å². The topological polar surface area (TPSA) is 100 Å². The third kappa shape index (κ3) is 4.37. The van der Waals surface area contributed by atoms with Gasteiger partial charge in [-0.15, -0.1) is 10.2 Å². The van der Waals surface area contributed by atoms with Crippen molar-refractivity contribution < 1.29 is 23.2 Å². The van der Waals surface area contributed by atoms with Gasteiger partial charge in [-0.05, 0) is 65.7 Å². The highest BCUT2D eigenvalue weighted by molar-refractivity contribution is 6.62. The van der Waals surface area contributed by atoms with Gasteiger partial charge >= 0.3 is 7.12 Å². The molecule has 2 aliphatic heterocycles. The van der Waals surface area contributed by atoms with E-state index in [2.05, 4.69) is 27.4 Å². The molecule has 4 heterocycles. The maximum atomic E-state index is 15.3. The molecule has 36 heavy (non-hydrogen) atoms. The number of carbonyl (C=O) groups is 1. The van der Waals surface area contributed by atoms with Crippen LogP contribution in [0.5, 0.6) is 5.75 Å². The van der Waals surface area contributed by atoms with Crippen LogP contribution in [-0.2, 0) is 9.31 Å². The van der Waals surface area contributed by atoms with Gasteiger partial charge in [0.25, 0.3) is 5.91 Å². The summed E-state index contributed by atoms with van der Waals surface area (Å²) in [5.74, 6) is 0.0329. The molecule has 2 aliphatic rings. The maximum absolute atomic E-state index is 15.3. The number of nitrogens with one attached hydrogen (secondary N) is 1. The first-order valence-electron chi connectivity index (χ1n) is 12.1. The van der Waals surface area contributed by atoms with Crippen molar-refractivity contribution in [2.45, 2.75) is 64.7 Å². The fourth-order valence-electron chi connectivity index (χ4n) is 4.28. The Bertz CT molecular complexity index is 1300. The molecule has 0 radical (unpaired) electrons. The first-order chi connectivity index (χ1) is 17.1. The van der Waals surface area contributed by atoms with Gasteiger partial charge in [0.2, 0.25) is 0 Å². The number of rotatable bonds is 1. The number of benzene rings is 1. The molecular weight excluding hydrogens is 464 g/mol. The molecule has 0 saturated carbocycles. The lowest BCUT2D eigenvalue weighted by Crippen LogP contribution is -2.41. The number of aromatic nitrogens is 4. The van der Waals surface area contributed by atoms with Gasteiger partial charge in [0.1, 0.15) is 29.4 Å². The summed E-state index contributed by atoms with van der Waals surface area (Å²) in [6.07, 6.45) is 3.11. The molecular formula is C25H29BFN5O4. The van der Waals surface area contributed by atoms with Crippen LogP contribution in [0.2, 0.25) is 0 Å². The first-order valence-corrected chi connectivity index (χ1v) is 12.1. The summed E-state index contributed by atoms with van der Waals surface area (Å²) in [6.45, 7) is 9.93. The highest BCUT2D eigenvalue weighted by Crippen LogP contribution is 2.37. The van der Waals surface area contributed by atoms with Gasteiger partial charge in [0.15, 0.2) is 5.82 Å². The summed E-state index contributed by atoms with van der Waals surface area (Å²) in [4.78, 5) is 18.0. The van der Waals surface area contributed by atoms with E-state index < -0.39 is 30.0 Å². The molecule has 188 valence electrons. The molecule has 1 unspecified atom stereocenters. The molecule has 11 heteroatoms. The van der Waals surface area contributed by atoms with Crippen LogP contribution in [-0.4, -0.2) is 50.6 Å². The molecule has 2 bridgehead atoms. The van der Waals surface area contributed by atoms with Gasteiger partial charge in [0.05, 0.1) is 23.4 Å². The minimum absolute atomic E-state index is 0.0866. The number of nitrogens with zero attached hydrogens (tertiary/aromatic N) is 4. The van der Waals surface area contributed by atoms with Crippen LogP contribution in [0, 0.1) is 5.82 Å². The van der Waals surface area contributed by atoms with Crippen LogP contribution in [0.3, 0.4) is 0 Å². The van der Waals surface area contributed by atoms with Crippen LogP contribution >= 0.6 is 0 Å². The highest BCUT2D eigenvalue weighted by Gasteiger charge is 2.52. The Hall–Kier alpha value is -3.31. The number of hydrogen-bond donors (Lipinski definition) is 1. The SMILES string of the molecule is CC1CCCOc2cc(F)c(B3OC(C)(C)C(C)(C)O3)cc2C(=O)Nc2cccc(n2)-c2nncn21. The van der Waals surface area contributed by atoms with Crippen molar-refractivity contribution >= 4 is 24.3 Å². The quantitative estimate of drug-likeness (QED) is 0.516. The third-order valence-electron chi connectivity index (χ3n) is 7.14. The maximum Gasteiger partial charge on any atom is 0.497 e. The molecule has 1 N–H and O–H groups in total. The number of hydrogen-bond acceptors (Lipinski definition) is 7. The van der Waals surface area contributed by atoms with Gasteiger partial charge in [-0.2, -0.15) is 0 Å². The number of pyridine rings is 1. The molecule has 9 nitrogen and oxygen atoms in total. The molecule has 2 aromatic heterocycles. The summed E-state index contributed by atoms with van der Waals surface area (Å²) < 4.78 is 35.2. The Kier molecular flexibility index (Phi) is 6.08. The van der Waals surface area contributed by atoms with Crippen molar-refractivity contribution in [3.8, 4) is 17.3 Å². The summed E-state index contributed by atoms with van der Waals surface area (Å²) >= 11 is 0. The van der Waals surface area contributed by atoms with E-state index in [9.17, 15) is 4.79 Å². The average molecular weight is 493 g/mol. The predicted molar refractivity (Wildman–Crippen MR) is 133 cm³/mol. The number of ether oxygens (including phenoxy) is 1. The van der Waals surface area contributed by atoms with Crippen molar-refractivity contribution in [3.63, 3.8) is 0 Å². The standard InChI is InChI=1S/C25H29BFN5O4/c1-15-8-7-11-34-20-13-18(27)17(26-35-24(2,3)25(4,5)36-26)12-16(20)23(33)30-21-10-6-9-19(29-21)22-31-28-14-32(15)22/h6,9-10,12-15H,7-8,11H2,1-5H3,(H,29,30,33). The van der Waals surface area contributed by atoms with Crippen LogP contribution in [0.15, 0.2) is 36.7 Å². The third-order valence-corrected chi connectivity index (χ3v) is 7.14. The normalized spacial score (nSPS) is 21.1. The second-order valence-corrected chi connectivity index (χ2v) is 10.2. The molecule has 5 rings (SSSR count). The number of carbonyl (C=O) groups excluding carboxylic acids is 1. The van der Waals surface area contributed by atoms with E-state index in [1.165, 1.54) is 12.1 Å². The lowest BCUT2D eigenvalue weighted by molar-refractivity contribution is 0.00578. The minimum atomic E-state index is -0.963. The van der Waals surface area contributed by atoms with E-state index in [0.29, 0.717) is 30.4 Å². The minimum Gasteiger partial charge on any atom is -0.493 e. The van der Waals surface area contributed by atoms with Gasteiger partial charge in [-0.25, -0.2) is 9.37 Å². The van der Waals surface area contributed by atoms with Crippen molar-refractivity contribution in [1.29, 1.82) is 0 Å². The van der Waals surface area contributed by atoms with Crippen LogP contribution in [0.25, 0.3) is 11.5 Å². The Morgan fingerprint density at radius 3 is 2.67 bits per heavy atom. The summed E-state index contributed by atoms with van der Waals surface area (Å²) in [6, 6.07) is 8.03. The molecule has 0 spiro atoms. The van der Waals surface area contributed by atoms with Gasteiger partial charge in [-0.3, -0.25) is 4.79 Å². The zero-order valence-electron chi connectivity index (χ0n) is 21.0. The molecule has 3 aromatic rings. The number of halogens is 1. The number of amides is 1. The molecule has 1 fully saturated rings. The lowest BCUT2D eigenvalue weighted by Gasteiger charge is -2.32. The Morgan fingerprint density at radius 1 is 1.17 bits per heavy atom. The van der Waals surface area contributed by atoms with E-state index >= 15 is 4.39 Å². The lowest BCUT2D eigenvalue weighted by atomic mass is 9.77. The van der Waals surface area contributed by atoms with Crippen molar-refractivity contribution in [3.05, 3.63) is 48.0 Å². The van der Waals surface area contributed by atoms with Crippen molar-refractivity contribution in [2.24, 2.45) is 0 Å². The molecule has 1 amide bonds.